The van der Waals surface area contributed by atoms with Crippen LogP contribution in [0.3, 0.4) is 0 Å². The molecular formula is C23H20ClN3O2. The van der Waals surface area contributed by atoms with Crippen molar-refractivity contribution >= 4 is 34.2 Å². The van der Waals surface area contributed by atoms with E-state index < -0.39 is 11.9 Å². The van der Waals surface area contributed by atoms with Gasteiger partial charge in [-0.15, -0.1) is 11.6 Å². The third-order valence-corrected chi connectivity index (χ3v) is 5.02. The van der Waals surface area contributed by atoms with E-state index in [0.29, 0.717) is 11.4 Å². The Bertz CT molecular complexity index is 1070. The lowest BCUT2D eigenvalue weighted by Gasteiger charge is -2.20. The molecular weight excluding hydrogens is 386 g/mol. The predicted molar refractivity (Wildman–Crippen MR) is 113 cm³/mol. The van der Waals surface area contributed by atoms with Crippen molar-refractivity contribution in [1.82, 2.24) is 10.2 Å². The van der Waals surface area contributed by atoms with Crippen molar-refractivity contribution in [2.45, 2.75) is 18.3 Å². The maximum atomic E-state index is 12.7. The van der Waals surface area contributed by atoms with Crippen LogP contribution in [-0.4, -0.2) is 29.8 Å². The Balaban J connectivity index is 1.84. The molecule has 6 heteroatoms. The molecule has 1 unspecified atom stereocenters. The lowest BCUT2D eigenvalue weighted by Crippen LogP contribution is -2.47. The van der Waals surface area contributed by atoms with Gasteiger partial charge in [0.25, 0.3) is 11.8 Å². The zero-order valence-electron chi connectivity index (χ0n) is 15.9. The van der Waals surface area contributed by atoms with Crippen LogP contribution in [0.1, 0.15) is 21.5 Å². The van der Waals surface area contributed by atoms with Gasteiger partial charge in [-0.05, 0) is 34.0 Å². The molecule has 1 N–H and O–H groups in total. The minimum absolute atomic E-state index is 0.279. The molecule has 29 heavy (non-hydrogen) atoms. The smallest absolute Gasteiger partial charge is 0.258 e. The van der Waals surface area contributed by atoms with E-state index in [1.54, 1.807) is 30.5 Å². The Morgan fingerprint density at radius 3 is 2.34 bits per heavy atom. The average molecular weight is 406 g/mol. The summed E-state index contributed by atoms with van der Waals surface area (Å²) in [5.74, 6) is -0.485. The number of hydrogen-bond donors (Lipinski definition) is 1. The molecule has 0 aromatic heterocycles. The summed E-state index contributed by atoms with van der Waals surface area (Å²) < 4.78 is 0. The van der Waals surface area contributed by atoms with E-state index in [0.717, 1.165) is 26.8 Å². The molecule has 0 bridgehead atoms. The van der Waals surface area contributed by atoms with Crippen LogP contribution in [0.2, 0.25) is 0 Å². The van der Waals surface area contributed by atoms with Crippen molar-refractivity contribution in [3.63, 3.8) is 0 Å². The summed E-state index contributed by atoms with van der Waals surface area (Å²) in [5, 5.41) is 14.0. The SMILES string of the molecule is CN(C#N)C(=O)C(Cc1ccc2ccccc2c1)NC(=O)c1ccc(CCl)cc1. The largest absolute Gasteiger partial charge is 0.340 e. The van der Waals surface area contributed by atoms with Gasteiger partial charge in [-0.2, -0.15) is 5.26 Å². The monoisotopic (exact) mass is 405 g/mol. The van der Waals surface area contributed by atoms with Crippen molar-refractivity contribution in [3.8, 4) is 6.19 Å². The molecule has 0 radical (unpaired) electrons. The Hall–Kier alpha value is -3.36. The second-order valence-electron chi connectivity index (χ2n) is 6.74. The van der Waals surface area contributed by atoms with Crippen molar-refractivity contribution in [3.05, 3.63) is 83.4 Å². The molecule has 0 saturated heterocycles. The summed E-state index contributed by atoms with van der Waals surface area (Å²) in [6.45, 7) is 0. The van der Waals surface area contributed by atoms with Crippen LogP contribution in [-0.2, 0) is 17.1 Å². The Labute approximate surface area is 174 Å². The normalized spacial score (nSPS) is 11.5. The van der Waals surface area contributed by atoms with Crippen LogP contribution >= 0.6 is 11.6 Å². The molecule has 0 aliphatic carbocycles. The van der Waals surface area contributed by atoms with Crippen molar-refractivity contribution in [2.75, 3.05) is 7.05 Å². The molecule has 146 valence electrons. The number of nitrogens with one attached hydrogen (secondary N) is 1. The topological polar surface area (TPSA) is 73.2 Å². The molecule has 0 fully saturated rings. The first-order chi connectivity index (χ1) is 14.0. The highest BCUT2D eigenvalue weighted by Gasteiger charge is 2.25. The van der Waals surface area contributed by atoms with Crippen LogP contribution in [0, 0.1) is 11.5 Å². The second kappa shape index (κ2) is 9.22. The molecule has 3 rings (SSSR count). The summed E-state index contributed by atoms with van der Waals surface area (Å²) in [6.07, 6.45) is 2.09. The van der Waals surface area contributed by atoms with E-state index in [1.807, 2.05) is 42.5 Å². The number of nitriles is 1. The summed E-state index contributed by atoms with van der Waals surface area (Å²) >= 11 is 5.79. The minimum atomic E-state index is -0.860. The van der Waals surface area contributed by atoms with Gasteiger partial charge in [-0.3, -0.25) is 14.5 Å². The fourth-order valence-electron chi connectivity index (χ4n) is 3.07. The fraction of sp³-hybridized carbons (Fsp3) is 0.174. The zero-order chi connectivity index (χ0) is 20.8. The molecule has 3 aromatic rings. The maximum absolute atomic E-state index is 12.7. The Kier molecular flexibility index (Phi) is 6.48. The number of nitrogens with zero attached hydrogens (tertiary/aromatic N) is 2. The molecule has 0 aliphatic rings. The van der Waals surface area contributed by atoms with Crippen LogP contribution in [0.15, 0.2) is 66.7 Å². The fourth-order valence-corrected chi connectivity index (χ4v) is 3.25. The van der Waals surface area contributed by atoms with Gasteiger partial charge < -0.3 is 5.32 Å². The van der Waals surface area contributed by atoms with Gasteiger partial charge in [-0.25, -0.2) is 0 Å². The Morgan fingerprint density at radius 1 is 1.03 bits per heavy atom. The first kappa shape index (κ1) is 20.4. The number of alkyl halides is 1. The quantitative estimate of drug-likeness (QED) is 0.384. The Morgan fingerprint density at radius 2 is 1.69 bits per heavy atom. The second-order valence-corrected chi connectivity index (χ2v) is 7.01. The first-order valence-corrected chi connectivity index (χ1v) is 9.66. The van der Waals surface area contributed by atoms with E-state index in [9.17, 15) is 9.59 Å². The van der Waals surface area contributed by atoms with E-state index >= 15 is 0 Å². The van der Waals surface area contributed by atoms with E-state index in [-0.39, 0.29) is 12.3 Å². The standard InChI is InChI=1S/C23H20ClN3O2/c1-27(15-25)23(29)21(26-22(28)19-10-6-16(14-24)7-11-19)13-17-8-9-18-4-2-3-5-20(18)12-17/h2-12,21H,13-14H2,1H3,(H,26,28). The molecule has 3 aromatic carbocycles. The van der Waals surface area contributed by atoms with Gasteiger partial charge in [0.1, 0.15) is 6.04 Å². The van der Waals surface area contributed by atoms with Crippen LogP contribution in [0.25, 0.3) is 10.8 Å². The summed E-state index contributed by atoms with van der Waals surface area (Å²) in [7, 11) is 1.39. The van der Waals surface area contributed by atoms with Crippen LogP contribution in [0.5, 0.6) is 0 Å². The summed E-state index contributed by atoms with van der Waals surface area (Å²) in [6, 6.07) is 19.8. The third kappa shape index (κ3) is 4.92. The van der Waals surface area contributed by atoms with Crippen LogP contribution < -0.4 is 5.32 Å². The molecule has 0 heterocycles. The van der Waals surface area contributed by atoms with Crippen molar-refractivity contribution < 1.29 is 9.59 Å². The lowest BCUT2D eigenvalue weighted by atomic mass is 10.0. The number of carbonyl (C=O) groups is 2. The highest BCUT2D eigenvalue weighted by atomic mass is 35.5. The lowest BCUT2D eigenvalue weighted by molar-refractivity contribution is -0.129. The number of halogens is 1. The van der Waals surface area contributed by atoms with Crippen molar-refractivity contribution in [1.29, 1.82) is 5.26 Å². The van der Waals surface area contributed by atoms with E-state index in [1.165, 1.54) is 7.05 Å². The molecule has 0 saturated carbocycles. The maximum Gasteiger partial charge on any atom is 0.258 e. The van der Waals surface area contributed by atoms with Gasteiger partial charge in [0, 0.05) is 24.9 Å². The molecule has 2 amide bonds. The summed E-state index contributed by atoms with van der Waals surface area (Å²) in [4.78, 5) is 26.3. The minimum Gasteiger partial charge on any atom is -0.340 e. The van der Waals surface area contributed by atoms with Gasteiger partial charge >= 0.3 is 0 Å². The van der Waals surface area contributed by atoms with E-state index in [4.69, 9.17) is 16.9 Å². The van der Waals surface area contributed by atoms with Gasteiger partial charge in [-0.1, -0.05) is 54.6 Å². The molecule has 5 nitrogen and oxygen atoms in total. The number of fused-ring (bicyclic) bond motifs is 1. The third-order valence-electron chi connectivity index (χ3n) is 4.71. The number of rotatable bonds is 6. The molecule has 1 atom stereocenters. The highest BCUT2D eigenvalue weighted by molar-refractivity contribution is 6.17. The van der Waals surface area contributed by atoms with E-state index in [2.05, 4.69) is 5.32 Å². The number of likely N-dealkylation sites (N-methyl/N-ethyl adjacent to an activating group) is 1. The number of hydrogen-bond acceptors (Lipinski definition) is 3. The number of amides is 2. The summed E-state index contributed by atoms with van der Waals surface area (Å²) in [5.41, 5.74) is 2.22. The van der Waals surface area contributed by atoms with Crippen LogP contribution in [0.4, 0.5) is 0 Å². The number of benzene rings is 3. The van der Waals surface area contributed by atoms with Gasteiger partial charge in [0.05, 0.1) is 0 Å². The predicted octanol–water partition coefficient (Wildman–Crippen LogP) is 3.86. The van der Waals surface area contributed by atoms with Crippen molar-refractivity contribution in [2.24, 2.45) is 0 Å². The zero-order valence-corrected chi connectivity index (χ0v) is 16.7. The molecule has 0 aliphatic heterocycles. The van der Waals surface area contributed by atoms with Gasteiger partial charge in [0.15, 0.2) is 6.19 Å². The molecule has 0 spiro atoms. The highest BCUT2D eigenvalue weighted by Crippen LogP contribution is 2.17. The first-order valence-electron chi connectivity index (χ1n) is 9.12. The number of carbonyl (C=O) groups excluding carboxylic acids is 2. The van der Waals surface area contributed by atoms with Gasteiger partial charge in [0.2, 0.25) is 0 Å². The average Bonchev–Trinajstić information content (AvgIpc) is 2.77.